The third-order valence-electron chi connectivity index (χ3n) is 3.87. The fourth-order valence-electron chi connectivity index (χ4n) is 2.51. The van der Waals surface area contributed by atoms with Crippen molar-refractivity contribution in [1.82, 2.24) is 4.98 Å². The van der Waals surface area contributed by atoms with Gasteiger partial charge in [0, 0.05) is 12.6 Å². The minimum absolute atomic E-state index is 0.160. The number of hydrogen-bond acceptors (Lipinski definition) is 2. The first kappa shape index (κ1) is 15.7. The van der Waals surface area contributed by atoms with Crippen molar-refractivity contribution in [2.45, 2.75) is 52.1 Å². The number of rotatable bonds is 4. The molecule has 0 amide bonds. The lowest BCUT2D eigenvalue weighted by Gasteiger charge is -2.19. The molecule has 1 heterocycles. The molecule has 0 spiro atoms. The van der Waals surface area contributed by atoms with Crippen molar-refractivity contribution in [3.8, 4) is 0 Å². The summed E-state index contributed by atoms with van der Waals surface area (Å²) in [5.41, 5.74) is 4.54. The Morgan fingerprint density at radius 1 is 1.10 bits per heavy atom. The highest BCUT2D eigenvalue weighted by Gasteiger charge is 2.16. The third kappa shape index (κ3) is 3.92. The van der Waals surface area contributed by atoms with Crippen molar-refractivity contribution >= 4 is 0 Å². The average Bonchev–Trinajstić information content (AvgIpc) is 2.46. The molecule has 1 atom stereocenters. The maximum atomic E-state index is 10.5. The number of aromatic nitrogens is 1. The molecule has 0 aliphatic heterocycles. The molecule has 0 saturated carbocycles. The Labute approximate surface area is 127 Å². The number of nitrogens with zero attached hydrogens (tertiary/aromatic N) is 1. The SMILES string of the molecule is CCc1cccnc1C(O)Cc1ccc(C(C)(C)C)cc1. The molecule has 2 aromatic rings. The summed E-state index contributed by atoms with van der Waals surface area (Å²) in [5, 5.41) is 10.5. The number of aliphatic hydroxyl groups is 1. The molecule has 0 radical (unpaired) electrons. The second kappa shape index (κ2) is 6.40. The van der Waals surface area contributed by atoms with E-state index in [1.807, 2.05) is 12.1 Å². The van der Waals surface area contributed by atoms with Crippen molar-refractivity contribution in [2.24, 2.45) is 0 Å². The lowest BCUT2D eigenvalue weighted by molar-refractivity contribution is 0.172. The van der Waals surface area contributed by atoms with Crippen molar-refractivity contribution in [1.29, 1.82) is 0 Å². The number of pyridine rings is 1. The van der Waals surface area contributed by atoms with Crippen LogP contribution in [0.5, 0.6) is 0 Å². The Balaban J connectivity index is 2.14. The normalized spacial score (nSPS) is 13.2. The van der Waals surface area contributed by atoms with E-state index in [1.54, 1.807) is 6.20 Å². The summed E-state index contributed by atoms with van der Waals surface area (Å²) < 4.78 is 0. The van der Waals surface area contributed by atoms with Crippen LogP contribution >= 0.6 is 0 Å². The molecular formula is C19H25NO. The van der Waals surface area contributed by atoms with Crippen LogP contribution < -0.4 is 0 Å². The number of aliphatic hydroxyl groups excluding tert-OH is 1. The number of benzene rings is 1. The Morgan fingerprint density at radius 3 is 2.33 bits per heavy atom. The molecule has 1 unspecified atom stereocenters. The quantitative estimate of drug-likeness (QED) is 0.911. The van der Waals surface area contributed by atoms with Gasteiger partial charge in [-0.1, -0.05) is 58.0 Å². The van der Waals surface area contributed by atoms with Crippen LogP contribution in [0.1, 0.15) is 56.2 Å². The Kier molecular flexibility index (Phi) is 4.79. The van der Waals surface area contributed by atoms with Gasteiger partial charge in [-0.15, -0.1) is 0 Å². The second-order valence-electron chi connectivity index (χ2n) is 6.57. The van der Waals surface area contributed by atoms with Gasteiger partial charge < -0.3 is 5.11 Å². The topological polar surface area (TPSA) is 33.1 Å². The fourth-order valence-corrected chi connectivity index (χ4v) is 2.51. The van der Waals surface area contributed by atoms with Gasteiger partial charge in [0.05, 0.1) is 5.69 Å². The van der Waals surface area contributed by atoms with E-state index in [0.717, 1.165) is 23.2 Å². The van der Waals surface area contributed by atoms with Crippen molar-refractivity contribution < 1.29 is 5.11 Å². The predicted molar refractivity (Wildman–Crippen MR) is 87.4 cm³/mol. The summed E-state index contributed by atoms with van der Waals surface area (Å²) in [5.74, 6) is 0. The highest BCUT2D eigenvalue weighted by Crippen LogP contribution is 2.24. The molecular weight excluding hydrogens is 258 g/mol. The van der Waals surface area contributed by atoms with Gasteiger partial charge in [-0.2, -0.15) is 0 Å². The van der Waals surface area contributed by atoms with Crippen LogP contribution in [0.25, 0.3) is 0 Å². The maximum absolute atomic E-state index is 10.5. The molecule has 2 heteroatoms. The lowest BCUT2D eigenvalue weighted by atomic mass is 9.86. The number of aryl methyl sites for hydroxylation is 1. The zero-order valence-electron chi connectivity index (χ0n) is 13.4. The van der Waals surface area contributed by atoms with Gasteiger partial charge in [-0.05, 0) is 34.6 Å². The second-order valence-corrected chi connectivity index (χ2v) is 6.57. The van der Waals surface area contributed by atoms with Gasteiger partial charge in [0.1, 0.15) is 6.10 Å². The van der Waals surface area contributed by atoms with Crippen LogP contribution in [-0.2, 0) is 18.3 Å². The Bertz CT molecular complexity index is 581. The third-order valence-corrected chi connectivity index (χ3v) is 3.87. The summed E-state index contributed by atoms with van der Waals surface area (Å²) in [6.45, 7) is 8.71. The molecule has 0 aliphatic carbocycles. The molecule has 2 nitrogen and oxygen atoms in total. The fraction of sp³-hybridized carbons (Fsp3) is 0.421. The highest BCUT2D eigenvalue weighted by atomic mass is 16.3. The first-order valence-corrected chi connectivity index (χ1v) is 7.63. The van der Waals surface area contributed by atoms with Crippen LogP contribution in [-0.4, -0.2) is 10.1 Å². The van der Waals surface area contributed by atoms with Gasteiger partial charge in [0.15, 0.2) is 0 Å². The molecule has 1 N–H and O–H groups in total. The van der Waals surface area contributed by atoms with E-state index in [0.29, 0.717) is 6.42 Å². The zero-order valence-corrected chi connectivity index (χ0v) is 13.4. The molecule has 2 rings (SSSR count). The molecule has 1 aromatic carbocycles. The lowest BCUT2D eigenvalue weighted by Crippen LogP contribution is -2.11. The first-order chi connectivity index (χ1) is 9.91. The van der Waals surface area contributed by atoms with Gasteiger partial charge >= 0.3 is 0 Å². The molecule has 0 bridgehead atoms. The van der Waals surface area contributed by atoms with Crippen LogP contribution in [0.3, 0.4) is 0 Å². The summed E-state index contributed by atoms with van der Waals surface area (Å²) in [6.07, 6.45) is 2.71. The molecule has 0 fully saturated rings. The smallest absolute Gasteiger partial charge is 0.100 e. The van der Waals surface area contributed by atoms with E-state index in [-0.39, 0.29) is 5.41 Å². The minimum Gasteiger partial charge on any atom is -0.386 e. The molecule has 112 valence electrons. The average molecular weight is 283 g/mol. The largest absolute Gasteiger partial charge is 0.386 e. The van der Waals surface area contributed by atoms with E-state index >= 15 is 0 Å². The van der Waals surface area contributed by atoms with Crippen LogP contribution in [0.2, 0.25) is 0 Å². The number of hydrogen-bond donors (Lipinski definition) is 1. The van der Waals surface area contributed by atoms with Crippen LogP contribution in [0.15, 0.2) is 42.6 Å². The maximum Gasteiger partial charge on any atom is 0.100 e. The first-order valence-electron chi connectivity index (χ1n) is 7.63. The van der Waals surface area contributed by atoms with E-state index in [1.165, 1.54) is 5.56 Å². The predicted octanol–water partition coefficient (Wildman–Crippen LogP) is 4.22. The van der Waals surface area contributed by atoms with Gasteiger partial charge in [-0.3, -0.25) is 4.98 Å². The van der Waals surface area contributed by atoms with Gasteiger partial charge in [0.25, 0.3) is 0 Å². The van der Waals surface area contributed by atoms with Gasteiger partial charge in [0.2, 0.25) is 0 Å². The van der Waals surface area contributed by atoms with Crippen molar-refractivity contribution in [2.75, 3.05) is 0 Å². The molecule has 0 saturated heterocycles. The van der Waals surface area contributed by atoms with E-state index < -0.39 is 6.10 Å². The summed E-state index contributed by atoms with van der Waals surface area (Å²) in [7, 11) is 0. The molecule has 1 aromatic heterocycles. The summed E-state index contributed by atoms with van der Waals surface area (Å²) in [4.78, 5) is 4.35. The summed E-state index contributed by atoms with van der Waals surface area (Å²) in [6, 6.07) is 12.5. The van der Waals surface area contributed by atoms with Gasteiger partial charge in [-0.25, -0.2) is 0 Å². The van der Waals surface area contributed by atoms with Crippen LogP contribution in [0.4, 0.5) is 0 Å². The minimum atomic E-state index is -0.540. The van der Waals surface area contributed by atoms with Crippen molar-refractivity contribution in [3.05, 3.63) is 65.0 Å². The monoisotopic (exact) mass is 283 g/mol. The highest BCUT2D eigenvalue weighted by molar-refractivity contribution is 5.29. The van der Waals surface area contributed by atoms with E-state index in [2.05, 4.69) is 56.9 Å². The summed E-state index contributed by atoms with van der Waals surface area (Å²) >= 11 is 0. The standard InChI is InChI=1S/C19H25NO/c1-5-15-7-6-12-20-18(15)17(21)13-14-8-10-16(11-9-14)19(2,3)4/h6-12,17,21H,5,13H2,1-4H3. The Morgan fingerprint density at radius 2 is 1.76 bits per heavy atom. The van der Waals surface area contributed by atoms with Crippen LogP contribution in [0, 0.1) is 0 Å². The zero-order chi connectivity index (χ0) is 15.5. The van der Waals surface area contributed by atoms with E-state index in [9.17, 15) is 5.11 Å². The van der Waals surface area contributed by atoms with Crippen molar-refractivity contribution in [3.63, 3.8) is 0 Å². The Hall–Kier alpha value is -1.67. The van der Waals surface area contributed by atoms with E-state index in [4.69, 9.17) is 0 Å². The molecule has 0 aliphatic rings. The molecule has 21 heavy (non-hydrogen) atoms.